The maximum atomic E-state index is 11.9. The molecule has 3 rings (SSSR count). The van der Waals surface area contributed by atoms with E-state index >= 15 is 0 Å². The van der Waals surface area contributed by atoms with Crippen molar-refractivity contribution < 1.29 is 0 Å². The average Bonchev–Trinajstić information content (AvgIpc) is 2.47. The van der Waals surface area contributed by atoms with E-state index in [0.717, 1.165) is 55.6 Å². The summed E-state index contributed by atoms with van der Waals surface area (Å²) in [6, 6.07) is 8.39. The van der Waals surface area contributed by atoms with Gasteiger partial charge in [-0.05, 0) is 29.5 Å². The van der Waals surface area contributed by atoms with Gasteiger partial charge in [0.05, 0.1) is 0 Å². The molecule has 2 heterocycles. The zero-order chi connectivity index (χ0) is 13.9. The van der Waals surface area contributed by atoms with Crippen molar-refractivity contribution in [1.29, 1.82) is 0 Å². The highest BCUT2D eigenvalue weighted by molar-refractivity contribution is 5.79. The molecule has 4 nitrogen and oxygen atoms in total. The quantitative estimate of drug-likeness (QED) is 0.889. The molecule has 0 spiro atoms. The van der Waals surface area contributed by atoms with Crippen LogP contribution in [-0.4, -0.2) is 36.1 Å². The number of nitrogens with one attached hydrogen (secondary N) is 2. The van der Waals surface area contributed by atoms with E-state index in [1.165, 1.54) is 5.56 Å². The fourth-order valence-electron chi connectivity index (χ4n) is 2.78. The molecule has 2 aromatic rings. The summed E-state index contributed by atoms with van der Waals surface area (Å²) < 4.78 is 0. The third-order valence-corrected chi connectivity index (χ3v) is 3.98. The van der Waals surface area contributed by atoms with Gasteiger partial charge in [-0.25, -0.2) is 0 Å². The van der Waals surface area contributed by atoms with Crippen LogP contribution < -0.4 is 10.9 Å². The lowest BCUT2D eigenvalue weighted by atomic mass is 10.1. The van der Waals surface area contributed by atoms with Crippen molar-refractivity contribution in [2.45, 2.75) is 19.9 Å². The summed E-state index contributed by atoms with van der Waals surface area (Å²) in [6.07, 6.45) is 0.772. The molecule has 1 aromatic heterocycles. The van der Waals surface area contributed by atoms with Crippen LogP contribution >= 0.6 is 0 Å². The molecule has 1 aliphatic heterocycles. The molecule has 0 bridgehead atoms. The lowest BCUT2D eigenvalue weighted by molar-refractivity contribution is 0.233. The first-order valence-corrected chi connectivity index (χ1v) is 7.34. The maximum absolute atomic E-state index is 11.9. The van der Waals surface area contributed by atoms with Gasteiger partial charge in [0.15, 0.2) is 0 Å². The minimum atomic E-state index is 0.0410. The number of nitrogens with zero attached hydrogens (tertiary/aromatic N) is 1. The first-order valence-electron chi connectivity index (χ1n) is 7.34. The van der Waals surface area contributed by atoms with Gasteiger partial charge in [-0.15, -0.1) is 0 Å². The van der Waals surface area contributed by atoms with E-state index in [0.29, 0.717) is 0 Å². The largest absolute Gasteiger partial charge is 0.322 e. The first-order chi connectivity index (χ1) is 9.76. The predicted octanol–water partition coefficient (Wildman–Crippen LogP) is 1.50. The van der Waals surface area contributed by atoms with E-state index in [4.69, 9.17) is 0 Å². The zero-order valence-corrected chi connectivity index (χ0v) is 11.9. The van der Waals surface area contributed by atoms with Crippen LogP contribution in [0.15, 0.2) is 29.1 Å². The molecule has 1 aromatic carbocycles. The van der Waals surface area contributed by atoms with Crippen molar-refractivity contribution >= 4 is 10.9 Å². The van der Waals surface area contributed by atoms with Gasteiger partial charge in [0, 0.05) is 43.8 Å². The third kappa shape index (κ3) is 2.76. The summed E-state index contributed by atoms with van der Waals surface area (Å²) in [5.74, 6) is 0. The van der Waals surface area contributed by atoms with E-state index in [9.17, 15) is 4.79 Å². The van der Waals surface area contributed by atoms with Crippen LogP contribution in [0.5, 0.6) is 0 Å². The molecular weight excluding hydrogens is 250 g/mol. The van der Waals surface area contributed by atoms with Crippen LogP contribution in [0.25, 0.3) is 10.9 Å². The number of hydrogen-bond donors (Lipinski definition) is 2. The van der Waals surface area contributed by atoms with Gasteiger partial charge in [0.1, 0.15) is 0 Å². The highest BCUT2D eigenvalue weighted by atomic mass is 16.1. The molecule has 0 amide bonds. The van der Waals surface area contributed by atoms with Crippen LogP contribution in [-0.2, 0) is 13.0 Å². The Labute approximate surface area is 118 Å². The summed E-state index contributed by atoms with van der Waals surface area (Å²) in [5.41, 5.74) is 3.10. The molecule has 2 N–H and O–H groups in total. The second-order valence-electron chi connectivity index (χ2n) is 5.43. The van der Waals surface area contributed by atoms with Crippen LogP contribution in [0, 0.1) is 0 Å². The zero-order valence-electron chi connectivity index (χ0n) is 11.9. The van der Waals surface area contributed by atoms with Crippen LogP contribution in [0.2, 0.25) is 0 Å². The molecule has 1 fully saturated rings. The smallest absolute Gasteiger partial charge is 0.251 e. The topological polar surface area (TPSA) is 48.1 Å². The van der Waals surface area contributed by atoms with Gasteiger partial charge < -0.3 is 10.3 Å². The van der Waals surface area contributed by atoms with Crippen LogP contribution in [0.3, 0.4) is 0 Å². The molecule has 0 radical (unpaired) electrons. The molecule has 20 heavy (non-hydrogen) atoms. The van der Waals surface area contributed by atoms with E-state index in [1.807, 2.05) is 13.0 Å². The molecule has 106 valence electrons. The molecule has 0 unspecified atom stereocenters. The van der Waals surface area contributed by atoms with Gasteiger partial charge in [-0.3, -0.25) is 9.69 Å². The summed E-state index contributed by atoms with van der Waals surface area (Å²) in [5, 5.41) is 4.48. The van der Waals surface area contributed by atoms with Gasteiger partial charge in [0.25, 0.3) is 5.56 Å². The highest BCUT2D eigenvalue weighted by Crippen LogP contribution is 2.15. The number of aromatic amines is 1. The van der Waals surface area contributed by atoms with Gasteiger partial charge in [0.2, 0.25) is 0 Å². The summed E-state index contributed by atoms with van der Waals surface area (Å²) in [4.78, 5) is 17.3. The van der Waals surface area contributed by atoms with Crippen molar-refractivity contribution in [2.75, 3.05) is 26.2 Å². The number of fused-ring (bicyclic) bond motifs is 1. The molecular formula is C16H21N3O. The monoisotopic (exact) mass is 271 g/mol. The minimum absolute atomic E-state index is 0.0410. The van der Waals surface area contributed by atoms with Crippen molar-refractivity contribution in [3.8, 4) is 0 Å². The van der Waals surface area contributed by atoms with E-state index in [2.05, 4.69) is 33.4 Å². The maximum Gasteiger partial charge on any atom is 0.251 e. The lowest BCUT2D eigenvalue weighted by Crippen LogP contribution is -2.42. The Hall–Kier alpha value is -1.65. The predicted molar refractivity (Wildman–Crippen MR) is 82.1 cm³/mol. The van der Waals surface area contributed by atoms with Gasteiger partial charge >= 0.3 is 0 Å². The minimum Gasteiger partial charge on any atom is -0.322 e. The average molecular weight is 271 g/mol. The SMILES string of the molecule is CCc1cc2ccc(CN3CCNCC3)cc2[nH]c1=O. The number of hydrogen-bond acceptors (Lipinski definition) is 3. The van der Waals surface area contributed by atoms with Crippen molar-refractivity contribution in [1.82, 2.24) is 15.2 Å². The summed E-state index contributed by atoms with van der Waals surface area (Å²) in [7, 11) is 0. The first kappa shape index (κ1) is 13.3. The standard InChI is InChI=1S/C16H21N3O/c1-2-13-10-14-4-3-12(9-15(14)18-16(13)20)11-19-7-5-17-6-8-19/h3-4,9-10,17H,2,5-8,11H2,1H3,(H,18,20). The van der Waals surface area contributed by atoms with Crippen molar-refractivity contribution in [2.24, 2.45) is 0 Å². The Morgan fingerprint density at radius 3 is 2.75 bits per heavy atom. The van der Waals surface area contributed by atoms with Crippen molar-refractivity contribution in [3.63, 3.8) is 0 Å². The van der Waals surface area contributed by atoms with Crippen LogP contribution in [0.1, 0.15) is 18.1 Å². The third-order valence-electron chi connectivity index (χ3n) is 3.98. The number of rotatable bonds is 3. The Bertz CT molecular complexity index is 656. The Kier molecular flexibility index (Phi) is 3.85. The molecule has 1 aliphatic rings. The molecule has 4 heteroatoms. The second-order valence-corrected chi connectivity index (χ2v) is 5.43. The molecule has 0 aliphatic carbocycles. The Morgan fingerprint density at radius 2 is 2.00 bits per heavy atom. The van der Waals surface area contributed by atoms with Crippen LogP contribution in [0.4, 0.5) is 0 Å². The fraction of sp³-hybridized carbons (Fsp3) is 0.438. The molecule has 0 atom stereocenters. The van der Waals surface area contributed by atoms with Gasteiger partial charge in [-0.1, -0.05) is 19.1 Å². The molecule has 0 saturated carbocycles. The number of pyridine rings is 1. The van der Waals surface area contributed by atoms with E-state index in [-0.39, 0.29) is 5.56 Å². The number of benzene rings is 1. The number of piperazine rings is 1. The highest BCUT2D eigenvalue weighted by Gasteiger charge is 2.10. The fourth-order valence-corrected chi connectivity index (χ4v) is 2.78. The Balaban J connectivity index is 1.88. The summed E-state index contributed by atoms with van der Waals surface area (Å²) in [6.45, 7) is 7.26. The van der Waals surface area contributed by atoms with Crippen molar-refractivity contribution in [3.05, 3.63) is 45.7 Å². The lowest BCUT2D eigenvalue weighted by Gasteiger charge is -2.27. The number of aryl methyl sites for hydroxylation is 1. The normalized spacial score (nSPS) is 16.6. The number of H-pyrrole nitrogens is 1. The Morgan fingerprint density at radius 1 is 1.20 bits per heavy atom. The van der Waals surface area contributed by atoms with E-state index in [1.54, 1.807) is 0 Å². The summed E-state index contributed by atoms with van der Waals surface area (Å²) >= 11 is 0. The number of aromatic nitrogens is 1. The van der Waals surface area contributed by atoms with E-state index < -0.39 is 0 Å². The molecule has 1 saturated heterocycles. The second kappa shape index (κ2) is 5.77. The van der Waals surface area contributed by atoms with Gasteiger partial charge in [-0.2, -0.15) is 0 Å².